The first-order chi connectivity index (χ1) is 13.2. The number of aromatic nitrogens is 3. The first kappa shape index (κ1) is 19.1. The fraction of sp³-hybridized carbons (Fsp3) is 0.526. The first-order valence-corrected chi connectivity index (χ1v) is 9.54. The standard InChI is InChI=1S/C19H28FN7/c1-3-18-25-23-14-27(18)11-9-22-19(21-2)24-16-7-5-10-26(13-16)17-8-4-6-15(20)12-17/h4,6,8,12,14,16H,3,5,7,9-11,13H2,1-2H3,(H2,21,22,24). The molecule has 0 saturated carbocycles. The van der Waals surface area contributed by atoms with Crippen molar-refractivity contribution in [2.24, 2.45) is 4.99 Å². The Balaban J connectivity index is 1.50. The molecule has 2 N–H and O–H groups in total. The minimum atomic E-state index is -0.194. The zero-order chi connectivity index (χ0) is 19.1. The summed E-state index contributed by atoms with van der Waals surface area (Å²) in [5, 5.41) is 14.9. The highest BCUT2D eigenvalue weighted by atomic mass is 19.1. The number of aryl methyl sites for hydroxylation is 1. The van der Waals surface area contributed by atoms with Crippen molar-refractivity contribution in [2.75, 3.05) is 31.6 Å². The van der Waals surface area contributed by atoms with Crippen LogP contribution in [0.1, 0.15) is 25.6 Å². The van der Waals surface area contributed by atoms with Crippen LogP contribution in [0.5, 0.6) is 0 Å². The van der Waals surface area contributed by atoms with Crippen LogP contribution in [0.3, 0.4) is 0 Å². The molecule has 7 nitrogen and oxygen atoms in total. The quantitative estimate of drug-likeness (QED) is 0.597. The average molecular weight is 373 g/mol. The van der Waals surface area contributed by atoms with Gasteiger partial charge in [0.05, 0.1) is 0 Å². The molecule has 0 radical (unpaired) electrons. The van der Waals surface area contributed by atoms with E-state index in [1.165, 1.54) is 6.07 Å². The van der Waals surface area contributed by atoms with E-state index in [0.29, 0.717) is 0 Å². The predicted octanol–water partition coefficient (Wildman–Crippen LogP) is 1.81. The molecule has 0 spiro atoms. The summed E-state index contributed by atoms with van der Waals surface area (Å²) in [6.45, 7) is 5.38. The molecule has 27 heavy (non-hydrogen) atoms. The number of guanidine groups is 1. The number of benzene rings is 1. The van der Waals surface area contributed by atoms with Crippen molar-refractivity contribution >= 4 is 11.6 Å². The summed E-state index contributed by atoms with van der Waals surface area (Å²) >= 11 is 0. The van der Waals surface area contributed by atoms with Gasteiger partial charge in [0.15, 0.2) is 5.96 Å². The Morgan fingerprint density at radius 1 is 1.41 bits per heavy atom. The Kier molecular flexibility index (Phi) is 6.62. The maximum absolute atomic E-state index is 13.5. The minimum absolute atomic E-state index is 0.194. The maximum atomic E-state index is 13.5. The van der Waals surface area contributed by atoms with Gasteiger partial charge >= 0.3 is 0 Å². The van der Waals surface area contributed by atoms with Crippen molar-refractivity contribution in [3.05, 3.63) is 42.2 Å². The molecule has 0 aliphatic carbocycles. The maximum Gasteiger partial charge on any atom is 0.191 e. The van der Waals surface area contributed by atoms with Crippen LogP contribution in [-0.4, -0.2) is 53.4 Å². The van der Waals surface area contributed by atoms with Gasteiger partial charge in [-0.05, 0) is 31.0 Å². The van der Waals surface area contributed by atoms with Crippen molar-refractivity contribution in [1.29, 1.82) is 0 Å². The van der Waals surface area contributed by atoms with Gasteiger partial charge in [-0.2, -0.15) is 0 Å². The number of nitrogens with zero attached hydrogens (tertiary/aromatic N) is 5. The highest BCUT2D eigenvalue weighted by molar-refractivity contribution is 5.80. The zero-order valence-corrected chi connectivity index (χ0v) is 16.0. The van der Waals surface area contributed by atoms with Gasteiger partial charge in [0.25, 0.3) is 0 Å². The van der Waals surface area contributed by atoms with Crippen molar-refractivity contribution in [3.8, 4) is 0 Å². The third-order valence-corrected chi connectivity index (χ3v) is 4.82. The van der Waals surface area contributed by atoms with Crippen molar-refractivity contribution < 1.29 is 4.39 Å². The minimum Gasteiger partial charge on any atom is -0.369 e. The summed E-state index contributed by atoms with van der Waals surface area (Å²) in [7, 11) is 1.78. The summed E-state index contributed by atoms with van der Waals surface area (Å²) in [6.07, 6.45) is 4.75. The van der Waals surface area contributed by atoms with Crippen LogP contribution >= 0.6 is 0 Å². The Labute approximate surface area is 159 Å². The van der Waals surface area contributed by atoms with Crippen LogP contribution in [0, 0.1) is 5.82 Å². The molecule has 1 fully saturated rings. The van der Waals surface area contributed by atoms with Crippen LogP contribution < -0.4 is 15.5 Å². The van der Waals surface area contributed by atoms with E-state index in [1.54, 1.807) is 25.5 Å². The number of anilines is 1. The number of rotatable bonds is 6. The van der Waals surface area contributed by atoms with Crippen LogP contribution in [0.15, 0.2) is 35.6 Å². The Morgan fingerprint density at radius 3 is 3.07 bits per heavy atom. The van der Waals surface area contributed by atoms with Gasteiger partial charge in [-0.1, -0.05) is 13.0 Å². The van der Waals surface area contributed by atoms with Gasteiger partial charge in [-0.3, -0.25) is 4.99 Å². The van der Waals surface area contributed by atoms with E-state index < -0.39 is 0 Å². The Morgan fingerprint density at radius 2 is 2.30 bits per heavy atom. The van der Waals surface area contributed by atoms with Gasteiger partial charge in [-0.25, -0.2) is 4.39 Å². The second-order valence-corrected chi connectivity index (χ2v) is 6.70. The van der Waals surface area contributed by atoms with Crippen LogP contribution in [0.2, 0.25) is 0 Å². The molecule has 1 unspecified atom stereocenters. The van der Waals surface area contributed by atoms with Crippen LogP contribution in [0.4, 0.5) is 10.1 Å². The molecule has 8 heteroatoms. The summed E-state index contributed by atoms with van der Waals surface area (Å²) in [5.41, 5.74) is 0.934. The molecule has 0 bridgehead atoms. The normalized spacial score (nSPS) is 17.8. The number of nitrogens with one attached hydrogen (secondary N) is 2. The molecule has 1 aromatic heterocycles. The second kappa shape index (κ2) is 9.34. The van der Waals surface area contributed by atoms with E-state index in [4.69, 9.17) is 0 Å². The molecule has 1 aliphatic rings. The third kappa shape index (κ3) is 5.18. The SMILES string of the molecule is CCc1nncn1CCNC(=NC)NC1CCCN(c2cccc(F)c2)C1. The smallest absolute Gasteiger partial charge is 0.191 e. The summed E-state index contributed by atoms with van der Waals surface area (Å²) in [5.74, 6) is 1.57. The van der Waals surface area contributed by atoms with Crippen LogP contribution in [-0.2, 0) is 13.0 Å². The molecule has 1 atom stereocenters. The summed E-state index contributed by atoms with van der Waals surface area (Å²) in [6, 6.07) is 7.07. The number of halogens is 1. The van der Waals surface area contributed by atoms with E-state index >= 15 is 0 Å². The second-order valence-electron chi connectivity index (χ2n) is 6.70. The molecule has 1 aromatic carbocycles. The zero-order valence-electron chi connectivity index (χ0n) is 16.0. The number of piperidine rings is 1. The molecule has 2 heterocycles. The predicted molar refractivity (Wildman–Crippen MR) is 106 cm³/mol. The highest BCUT2D eigenvalue weighted by Gasteiger charge is 2.21. The Bertz CT molecular complexity index is 758. The molecule has 0 amide bonds. The van der Waals surface area contributed by atoms with E-state index in [9.17, 15) is 4.39 Å². The average Bonchev–Trinajstić information content (AvgIpc) is 3.15. The fourth-order valence-corrected chi connectivity index (χ4v) is 3.42. The van der Waals surface area contributed by atoms with Crippen molar-refractivity contribution in [2.45, 2.75) is 38.8 Å². The largest absolute Gasteiger partial charge is 0.369 e. The topological polar surface area (TPSA) is 70.4 Å². The summed E-state index contributed by atoms with van der Waals surface area (Å²) < 4.78 is 15.6. The van der Waals surface area contributed by atoms with Gasteiger partial charge in [0, 0.05) is 51.4 Å². The van der Waals surface area contributed by atoms with Gasteiger partial charge < -0.3 is 20.1 Å². The molecule has 1 aliphatic heterocycles. The molecule has 2 aromatic rings. The van der Waals surface area contributed by atoms with E-state index in [1.807, 2.05) is 10.6 Å². The van der Waals surface area contributed by atoms with Gasteiger partial charge in [0.2, 0.25) is 0 Å². The highest BCUT2D eigenvalue weighted by Crippen LogP contribution is 2.20. The molecular formula is C19H28FN7. The van der Waals surface area contributed by atoms with Crippen LogP contribution in [0.25, 0.3) is 0 Å². The third-order valence-electron chi connectivity index (χ3n) is 4.82. The monoisotopic (exact) mass is 373 g/mol. The number of aliphatic imine (C=N–C) groups is 1. The molecule has 1 saturated heterocycles. The molecule has 146 valence electrons. The fourth-order valence-electron chi connectivity index (χ4n) is 3.42. The lowest BCUT2D eigenvalue weighted by Crippen LogP contribution is -2.51. The lowest BCUT2D eigenvalue weighted by Gasteiger charge is -2.35. The lowest BCUT2D eigenvalue weighted by atomic mass is 10.0. The van der Waals surface area contributed by atoms with E-state index in [2.05, 4.69) is 37.6 Å². The van der Waals surface area contributed by atoms with Gasteiger partial charge in [-0.15, -0.1) is 10.2 Å². The Hall–Kier alpha value is -2.64. The van der Waals surface area contributed by atoms with E-state index in [-0.39, 0.29) is 11.9 Å². The van der Waals surface area contributed by atoms with Crippen molar-refractivity contribution in [1.82, 2.24) is 25.4 Å². The van der Waals surface area contributed by atoms with Gasteiger partial charge in [0.1, 0.15) is 18.0 Å². The van der Waals surface area contributed by atoms with E-state index in [0.717, 1.165) is 62.9 Å². The number of hydrogen-bond donors (Lipinski definition) is 2. The van der Waals surface area contributed by atoms with Crippen molar-refractivity contribution in [3.63, 3.8) is 0 Å². The lowest BCUT2D eigenvalue weighted by molar-refractivity contribution is 0.466. The summed E-state index contributed by atoms with van der Waals surface area (Å²) in [4.78, 5) is 6.56. The first-order valence-electron chi connectivity index (χ1n) is 9.54. The number of hydrogen-bond acceptors (Lipinski definition) is 4. The molecule has 3 rings (SSSR count). The molecular weight excluding hydrogens is 345 g/mol.